The van der Waals surface area contributed by atoms with Gasteiger partial charge in [-0.2, -0.15) is 11.8 Å². The molecule has 0 saturated carbocycles. The number of amides is 2. The molecule has 2 rings (SSSR count). The molecule has 5 nitrogen and oxygen atoms in total. The SMILES string of the molecule is O=C(NC1CCCSC1)N[C@@H](C(=O)O)c1ccccc1. The molecule has 6 heteroatoms. The number of nitrogens with one attached hydrogen (secondary N) is 2. The summed E-state index contributed by atoms with van der Waals surface area (Å²) in [6, 6.07) is 7.37. The quantitative estimate of drug-likeness (QED) is 0.793. The predicted octanol–water partition coefficient (Wildman–Crippen LogP) is 2.01. The Labute approximate surface area is 122 Å². The summed E-state index contributed by atoms with van der Waals surface area (Å²) in [5, 5.41) is 14.6. The largest absolute Gasteiger partial charge is 0.479 e. The van der Waals surface area contributed by atoms with Crippen molar-refractivity contribution in [3.8, 4) is 0 Å². The fraction of sp³-hybridized carbons (Fsp3) is 0.429. The fourth-order valence-corrected chi connectivity index (χ4v) is 3.22. The van der Waals surface area contributed by atoms with Crippen molar-refractivity contribution in [1.82, 2.24) is 10.6 Å². The minimum absolute atomic E-state index is 0.124. The van der Waals surface area contributed by atoms with Crippen LogP contribution in [0.3, 0.4) is 0 Å². The van der Waals surface area contributed by atoms with Crippen LogP contribution >= 0.6 is 11.8 Å². The van der Waals surface area contributed by atoms with E-state index >= 15 is 0 Å². The summed E-state index contributed by atoms with van der Waals surface area (Å²) in [6.45, 7) is 0. The molecule has 0 spiro atoms. The van der Waals surface area contributed by atoms with Crippen LogP contribution in [-0.4, -0.2) is 34.7 Å². The molecule has 1 fully saturated rings. The molecule has 1 unspecified atom stereocenters. The Bertz CT molecular complexity index is 461. The number of carboxylic acids is 1. The Hall–Kier alpha value is -1.69. The summed E-state index contributed by atoms with van der Waals surface area (Å²) < 4.78 is 0. The number of rotatable bonds is 4. The first-order chi connectivity index (χ1) is 9.66. The molecule has 1 aromatic carbocycles. The van der Waals surface area contributed by atoms with E-state index in [4.69, 9.17) is 0 Å². The number of hydrogen-bond donors (Lipinski definition) is 3. The lowest BCUT2D eigenvalue weighted by molar-refractivity contribution is -0.139. The Morgan fingerprint density at radius 1 is 1.30 bits per heavy atom. The van der Waals surface area contributed by atoms with Crippen LogP contribution in [0.25, 0.3) is 0 Å². The second kappa shape index (κ2) is 7.19. The van der Waals surface area contributed by atoms with Crippen LogP contribution in [0.4, 0.5) is 4.79 Å². The van der Waals surface area contributed by atoms with Gasteiger partial charge >= 0.3 is 12.0 Å². The molecule has 1 heterocycles. The first-order valence-electron chi connectivity index (χ1n) is 6.59. The second-order valence-corrected chi connectivity index (χ2v) is 5.86. The molecule has 20 heavy (non-hydrogen) atoms. The van der Waals surface area contributed by atoms with Crippen LogP contribution in [0.15, 0.2) is 30.3 Å². The van der Waals surface area contributed by atoms with E-state index in [9.17, 15) is 14.7 Å². The standard InChI is InChI=1S/C14H18N2O3S/c17-13(18)12(10-5-2-1-3-6-10)16-14(19)15-11-7-4-8-20-9-11/h1-3,5-6,11-12H,4,7-9H2,(H,17,18)(H2,15,16,19)/t11?,12-/m1/s1. The number of aliphatic carboxylic acids is 1. The fourth-order valence-electron chi connectivity index (χ4n) is 2.15. The summed E-state index contributed by atoms with van der Waals surface area (Å²) in [7, 11) is 0. The topological polar surface area (TPSA) is 78.4 Å². The van der Waals surface area contributed by atoms with Gasteiger partial charge in [-0.15, -0.1) is 0 Å². The van der Waals surface area contributed by atoms with Gasteiger partial charge in [-0.3, -0.25) is 0 Å². The van der Waals surface area contributed by atoms with E-state index < -0.39 is 18.0 Å². The third-order valence-electron chi connectivity index (χ3n) is 3.15. The van der Waals surface area contributed by atoms with Crippen LogP contribution in [0, 0.1) is 0 Å². The summed E-state index contributed by atoms with van der Waals surface area (Å²) in [4.78, 5) is 23.2. The number of carboxylic acid groups (broad SMARTS) is 1. The highest BCUT2D eigenvalue weighted by Crippen LogP contribution is 2.17. The van der Waals surface area contributed by atoms with Crippen molar-refractivity contribution in [3.05, 3.63) is 35.9 Å². The zero-order valence-corrected chi connectivity index (χ0v) is 11.9. The molecule has 2 atom stereocenters. The van der Waals surface area contributed by atoms with Crippen molar-refractivity contribution in [3.63, 3.8) is 0 Å². The van der Waals surface area contributed by atoms with E-state index in [1.54, 1.807) is 24.3 Å². The monoisotopic (exact) mass is 294 g/mol. The molecule has 1 aromatic rings. The van der Waals surface area contributed by atoms with Gasteiger partial charge in [0.05, 0.1) is 0 Å². The maximum atomic E-state index is 11.9. The third-order valence-corrected chi connectivity index (χ3v) is 4.37. The van der Waals surface area contributed by atoms with Crippen LogP contribution in [0.1, 0.15) is 24.4 Å². The molecule has 0 radical (unpaired) electrons. The van der Waals surface area contributed by atoms with Gasteiger partial charge in [0.25, 0.3) is 0 Å². The number of benzene rings is 1. The van der Waals surface area contributed by atoms with Crippen LogP contribution < -0.4 is 10.6 Å². The minimum Gasteiger partial charge on any atom is -0.479 e. The highest BCUT2D eigenvalue weighted by molar-refractivity contribution is 7.99. The summed E-state index contributed by atoms with van der Waals surface area (Å²) in [5.74, 6) is 0.947. The van der Waals surface area contributed by atoms with Crippen molar-refractivity contribution in [1.29, 1.82) is 0 Å². The minimum atomic E-state index is -1.07. The third kappa shape index (κ3) is 4.16. The van der Waals surface area contributed by atoms with E-state index in [-0.39, 0.29) is 6.04 Å². The van der Waals surface area contributed by atoms with E-state index in [0.29, 0.717) is 5.56 Å². The smallest absolute Gasteiger partial charge is 0.330 e. The lowest BCUT2D eigenvalue weighted by Crippen LogP contribution is -2.46. The zero-order valence-electron chi connectivity index (χ0n) is 11.0. The summed E-state index contributed by atoms with van der Waals surface area (Å²) in [6.07, 6.45) is 2.03. The van der Waals surface area contributed by atoms with Gasteiger partial charge in [-0.05, 0) is 24.2 Å². The normalized spacial score (nSPS) is 19.9. The molecule has 108 valence electrons. The summed E-state index contributed by atoms with van der Waals surface area (Å²) >= 11 is 1.81. The number of carbonyl (C=O) groups is 2. The highest BCUT2D eigenvalue weighted by atomic mass is 32.2. The Morgan fingerprint density at radius 3 is 2.65 bits per heavy atom. The molecule has 3 N–H and O–H groups in total. The average Bonchev–Trinajstić information content (AvgIpc) is 2.46. The van der Waals surface area contributed by atoms with Gasteiger partial charge in [0, 0.05) is 11.8 Å². The van der Waals surface area contributed by atoms with Gasteiger partial charge in [0.2, 0.25) is 0 Å². The maximum Gasteiger partial charge on any atom is 0.330 e. The molecule has 1 aliphatic rings. The van der Waals surface area contributed by atoms with Gasteiger partial charge in [0.1, 0.15) is 0 Å². The highest BCUT2D eigenvalue weighted by Gasteiger charge is 2.23. The Balaban J connectivity index is 1.94. The van der Waals surface area contributed by atoms with E-state index in [2.05, 4.69) is 10.6 Å². The first-order valence-corrected chi connectivity index (χ1v) is 7.75. The van der Waals surface area contributed by atoms with E-state index in [1.165, 1.54) is 0 Å². The maximum absolute atomic E-state index is 11.9. The lowest BCUT2D eigenvalue weighted by atomic mass is 10.1. The van der Waals surface area contributed by atoms with Gasteiger partial charge in [0.15, 0.2) is 6.04 Å². The Kier molecular flexibility index (Phi) is 5.29. The Morgan fingerprint density at radius 2 is 2.05 bits per heavy atom. The van der Waals surface area contributed by atoms with Crippen LogP contribution in [0.2, 0.25) is 0 Å². The van der Waals surface area contributed by atoms with Gasteiger partial charge in [-0.25, -0.2) is 9.59 Å². The molecule has 0 aliphatic carbocycles. The van der Waals surface area contributed by atoms with Crippen molar-refractivity contribution >= 4 is 23.8 Å². The molecular weight excluding hydrogens is 276 g/mol. The number of urea groups is 1. The number of thioether (sulfide) groups is 1. The molecule has 2 amide bonds. The van der Waals surface area contributed by atoms with E-state index in [0.717, 1.165) is 24.3 Å². The molecule has 0 bridgehead atoms. The van der Waals surface area contributed by atoms with Gasteiger partial charge < -0.3 is 15.7 Å². The van der Waals surface area contributed by atoms with Crippen LogP contribution in [0.5, 0.6) is 0 Å². The average molecular weight is 294 g/mol. The lowest BCUT2D eigenvalue weighted by Gasteiger charge is -2.24. The second-order valence-electron chi connectivity index (χ2n) is 4.71. The van der Waals surface area contributed by atoms with Crippen molar-refractivity contribution in [2.45, 2.75) is 24.9 Å². The van der Waals surface area contributed by atoms with E-state index in [1.807, 2.05) is 17.8 Å². The van der Waals surface area contributed by atoms with Crippen molar-refractivity contribution in [2.24, 2.45) is 0 Å². The zero-order chi connectivity index (χ0) is 14.4. The first kappa shape index (κ1) is 14.7. The molecule has 0 aromatic heterocycles. The molecule has 1 aliphatic heterocycles. The summed E-state index contributed by atoms with van der Waals surface area (Å²) in [5.41, 5.74) is 0.563. The number of hydrogen-bond acceptors (Lipinski definition) is 3. The number of carbonyl (C=O) groups excluding carboxylic acids is 1. The molecule has 1 saturated heterocycles. The van der Waals surface area contributed by atoms with Crippen molar-refractivity contribution in [2.75, 3.05) is 11.5 Å². The van der Waals surface area contributed by atoms with Crippen molar-refractivity contribution < 1.29 is 14.7 Å². The predicted molar refractivity (Wildman–Crippen MR) is 78.8 cm³/mol. The molecular formula is C14H18N2O3S. The van der Waals surface area contributed by atoms with Gasteiger partial charge in [-0.1, -0.05) is 30.3 Å². The van der Waals surface area contributed by atoms with Crippen LogP contribution in [-0.2, 0) is 4.79 Å².